The summed E-state index contributed by atoms with van der Waals surface area (Å²) in [6.45, 7) is 8.18. The predicted octanol–water partition coefficient (Wildman–Crippen LogP) is 3.98. The second kappa shape index (κ2) is 6.08. The SMILES string of the molecule is C[Si](C)(C)CCOCn1cc(C#N)c2cc(Br)cnc21. The van der Waals surface area contributed by atoms with Gasteiger partial charge in [0.2, 0.25) is 0 Å². The Hall–Kier alpha value is -1.16. The van der Waals surface area contributed by atoms with E-state index in [0.29, 0.717) is 12.3 Å². The number of fused-ring (bicyclic) bond motifs is 1. The normalized spacial score (nSPS) is 11.8. The molecule has 0 saturated carbocycles. The van der Waals surface area contributed by atoms with Crippen molar-refractivity contribution in [3.05, 3.63) is 28.5 Å². The van der Waals surface area contributed by atoms with Crippen molar-refractivity contribution in [3.8, 4) is 6.07 Å². The largest absolute Gasteiger partial charge is 0.361 e. The molecule has 0 atom stereocenters. The second-order valence-electron chi connectivity index (χ2n) is 6.00. The summed E-state index contributed by atoms with van der Waals surface area (Å²) in [4.78, 5) is 4.37. The number of nitrogens with zero attached hydrogens (tertiary/aromatic N) is 3. The highest BCUT2D eigenvalue weighted by Crippen LogP contribution is 2.22. The highest BCUT2D eigenvalue weighted by Gasteiger charge is 2.13. The summed E-state index contributed by atoms with van der Waals surface area (Å²) >= 11 is 3.38. The van der Waals surface area contributed by atoms with Crippen LogP contribution in [0, 0.1) is 11.3 Å². The molecule has 0 saturated heterocycles. The third-order valence-corrected chi connectivity index (χ3v) is 5.17. The lowest BCUT2D eigenvalue weighted by Gasteiger charge is -2.15. The van der Waals surface area contributed by atoms with Crippen LogP contribution in [-0.2, 0) is 11.5 Å². The molecule has 0 fully saturated rings. The van der Waals surface area contributed by atoms with Crippen LogP contribution in [0.4, 0.5) is 0 Å². The van der Waals surface area contributed by atoms with Crippen molar-refractivity contribution < 1.29 is 4.74 Å². The third-order valence-electron chi connectivity index (χ3n) is 3.03. The molecule has 2 aromatic rings. The van der Waals surface area contributed by atoms with Gasteiger partial charge in [0.15, 0.2) is 0 Å². The zero-order valence-corrected chi connectivity index (χ0v) is 14.6. The molecule has 0 aliphatic carbocycles. The maximum absolute atomic E-state index is 9.18. The van der Waals surface area contributed by atoms with Crippen molar-refractivity contribution in [3.63, 3.8) is 0 Å². The van der Waals surface area contributed by atoms with E-state index in [1.807, 2.05) is 10.6 Å². The maximum atomic E-state index is 9.18. The summed E-state index contributed by atoms with van der Waals surface area (Å²) in [5, 5.41) is 10.0. The van der Waals surface area contributed by atoms with Crippen LogP contribution in [0.1, 0.15) is 5.56 Å². The molecule has 0 radical (unpaired) electrons. The molecule has 0 unspecified atom stereocenters. The Morgan fingerprint density at radius 1 is 1.45 bits per heavy atom. The number of nitriles is 1. The fourth-order valence-corrected chi connectivity index (χ4v) is 2.96. The average Bonchev–Trinajstić information content (AvgIpc) is 2.71. The van der Waals surface area contributed by atoms with E-state index in [1.54, 1.807) is 12.4 Å². The minimum absolute atomic E-state index is 0.442. The van der Waals surface area contributed by atoms with Gasteiger partial charge in [-0.15, -0.1) is 0 Å². The minimum Gasteiger partial charge on any atom is -0.361 e. The summed E-state index contributed by atoms with van der Waals surface area (Å²) in [6, 6.07) is 5.25. The first-order valence-corrected chi connectivity index (χ1v) is 11.0. The molecule has 0 spiro atoms. The minimum atomic E-state index is -1.07. The summed E-state index contributed by atoms with van der Waals surface area (Å²) < 4.78 is 8.50. The number of ether oxygens (including phenoxy) is 1. The van der Waals surface area contributed by atoms with Crippen molar-refractivity contribution in [2.24, 2.45) is 0 Å². The first kappa shape index (κ1) is 15.2. The topological polar surface area (TPSA) is 50.8 Å². The van der Waals surface area contributed by atoms with Gasteiger partial charge in [0.25, 0.3) is 0 Å². The fraction of sp³-hybridized carbons (Fsp3) is 0.429. The van der Waals surface area contributed by atoms with E-state index in [-0.39, 0.29) is 0 Å². The number of halogens is 1. The molecule has 20 heavy (non-hydrogen) atoms. The molecular formula is C14H18BrN3OSi. The lowest BCUT2D eigenvalue weighted by molar-refractivity contribution is 0.0898. The smallest absolute Gasteiger partial charge is 0.143 e. The van der Waals surface area contributed by atoms with Crippen LogP contribution in [0.25, 0.3) is 11.0 Å². The van der Waals surface area contributed by atoms with Crippen LogP contribution in [0.3, 0.4) is 0 Å². The zero-order valence-electron chi connectivity index (χ0n) is 12.0. The number of hydrogen-bond donors (Lipinski definition) is 0. The van der Waals surface area contributed by atoms with Gasteiger partial charge < -0.3 is 9.30 Å². The van der Waals surface area contributed by atoms with E-state index in [9.17, 15) is 5.26 Å². The molecule has 4 nitrogen and oxygen atoms in total. The van der Waals surface area contributed by atoms with Gasteiger partial charge in [-0.25, -0.2) is 4.98 Å². The Morgan fingerprint density at radius 2 is 2.20 bits per heavy atom. The van der Waals surface area contributed by atoms with Gasteiger partial charge in [-0.1, -0.05) is 19.6 Å². The molecule has 0 bridgehead atoms. The monoisotopic (exact) mass is 351 g/mol. The van der Waals surface area contributed by atoms with Crippen LogP contribution in [0.2, 0.25) is 25.7 Å². The molecule has 2 rings (SSSR count). The molecule has 0 aromatic carbocycles. The van der Waals surface area contributed by atoms with Gasteiger partial charge in [-0.2, -0.15) is 5.26 Å². The van der Waals surface area contributed by atoms with Crippen molar-refractivity contribution in [1.29, 1.82) is 5.26 Å². The lowest BCUT2D eigenvalue weighted by Crippen LogP contribution is -2.22. The van der Waals surface area contributed by atoms with E-state index in [1.165, 1.54) is 0 Å². The van der Waals surface area contributed by atoms with Crippen molar-refractivity contribution in [1.82, 2.24) is 9.55 Å². The first-order chi connectivity index (χ1) is 9.40. The Kier molecular flexibility index (Phi) is 4.63. The fourth-order valence-electron chi connectivity index (χ4n) is 1.87. The molecule has 6 heteroatoms. The van der Waals surface area contributed by atoms with E-state index in [0.717, 1.165) is 28.2 Å². The van der Waals surface area contributed by atoms with E-state index >= 15 is 0 Å². The number of rotatable bonds is 5. The second-order valence-corrected chi connectivity index (χ2v) is 12.5. The number of aromatic nitrogens is 2. The third kappa shape index (κ3) is 3.69. The van der Waals surface area contributed by atoms with Crippen molar-refractivity contribution in [2.45, 2.75) is 32.4 Å². The van der Waals surface area contributed by atoms with Gasteiger partial charge in [-0.3, -0.25) is 0 Å². The summed E-state index contributed by atoms with van der Waals surface area (Å²) in [5.74, 6) is 0. The Labute approximate surface area is 128 Å². The Bertz CT molecular complexity index is 655. The van der Waals surface area contributed by atoms with Gasteiger partial charge in [-0.05, 0) is 28.0 Å². The molecule has 0 aliphatic heterocycles. The van der Waals surface area contributed by atoms with Crippen LogP contribution in [-0.4, -0.2) is 24.2 Å². The van der Waals surface area contributed by atoms with Gasteiger partial charge in [0.1, 0.15) is 18.4 Å². The summed E-state index contributed by atoms with van der Waals surface area (Å²) in [6.07, 6.45) is 3.54. The van der Waals surface area contributed by atoms with E-state index in [2.05, 4.69) is 46.6 Å². The Morgan fingerprint density at radius 3 is 2.85 bits per heavy atom. The number of hydrogen-bond acceptors (Lipinski definition) is 3. The lowest BCUT2D eigenvalue weighted by atomic mass is 10.2. The molecule has 106 valence electrons. The Balaban J connectivity index is 2.13. The van der Waals surface area contributed by atoms with Crippen LogP contribution in [0.15, 0.2) is 22.9 Å². The molecule has 2 aromatic heterocycles. The van der Waals surface area contributed by atoms with Crippen LogP contribution in [0.5, 0.6) is 0 Å². The van der Waals surface area contributed by atoms with Crippen LogP contribution >= 0.6 is 15.9 Å². The average molecular weight is 352 g/mol. The molecule has 0 N–H and O–H groups in total. The first-order valence-electron chi connectivity index (χ1n) is 6.53. The summed E-state index contributed by atoms with van der Waals surface area (Å²) in [5.41, 5.74) is 1.42. The standard InChI is InChI=1S/C14H18BrN3OSi/c1-20(2,3)5-4-19-10-18-9-11(7-16)13-6-12(15)8-17-14(13)18/h6,8-9H,4-5,10H2,1-3H3. The molecule has 0 amide bonds. The quantitative estimate of drug-likeness (QED) is 0.604. The van der Waals surface area contributed by atoms with Crippen molar-refractivity contribution in [2.75, 3.05) is 6.61 Å². The predicted molar refractivity (Wildman–Crippen MR) is 86.3 cm³/mol. The van der Waals surface area contributed by atoms with E-state index in [4.69, 9.17) is 4.74 Å². The molecule has 2 heterocycles. The van der Waals surface area contributed by atoms with Gasteiger partial charge in [0, 0.05) is 36.9 Å². The summed E-state index contributed by atoms with van der Waals surface area (Å²) in [7, 11) is -1.07. The van der Waals surface area contributed by atoms with Crippen LogP contribution < -0.4 is 0 Å². The van der Waals surface area contributed by atoms with Gasteiger partial charge in [0.05, 0.1) is 5.56 Å². The maximum Gasteiger partial charge on any atom is 0.143 e. The molecular weight excluding hydrogens is 334 g/mol. The van der Waals surface area contributed by atoms with E-state index < -0.39 is 8.07 Å². The highest BCUT2D eigenvalue weighted by molar-refractivity contribution is 9.10. The zero-order chi connectivity index (χ0) is 14.8. The highest BCUT2D eigenvalue weighted by atomic mass is 79.9. The van der Waals surface area contributed by atoms with Gasteiger partial charge >= 0.3 is 0 Å². The molecule has 0 aliphatic rings. The number of pyridine rings is 1. The van der Waals surface area contributed by atoms with Crippen molar-refractivity contribution >= 4 is 35.0 Å².